The number of amides is 1. The first kappa shape index (κ1) is 11.9. The normalized spacial score (nSPS) is 20.5. The molecular weight excluding hydrogens is 291 g/mol. The molecule has 3 nitrogen and oxygen atoms in total. The van der Waals surface area contributed by atoms with Crippen molar-refractivity contribution in [3.8, 4) is 0 Å². The van der Waals surface area contributed by atoms with Crippen LogP contribution in [0.5, 0.6) is 0 Å². The third-order valence-electron chi connectivity index (χ3n) is 2.67. The summed E-state index contributed by atoms with van der Waals surface area (Å²) in [6, 6.07) is 3.85. The molecule has 5 heteroatoms. The first-order valence-electron chi connectivity index (χ1n) is 5.13. The van der Waals surface area contributed by atoms with Gasteiger partial charge in [0.2, 0.25) is 5.91 Å². The molecule has 1 amide bonds. The smallest absolute Gasteiger partial charge is 0.223 e. The first-order chi connectivity index (χ1) is 7.69. The number of halogens is 2. The van der Waals surface area contributed by atoms with E-state index in [1.165, 1.54) is 0 Å². The molecule has 0 radical (unpaired) electrons. The fraction of sp³-hybridized carbons (Fsp3) is 0.455. The van der Waals surface area contributed by atoms with E-state index in [1.807, 2.05) is 17.0 Å². The minimum absolute atomic E-state index is 0.188. The molecule has 1 aliphatic heterocycles. The molecule has 1 fully saturated rings. The van der Waals surface area contributed by atoms with Crippen LogP contribution in [0.2, 0.25) is 0 Å². The van der Waals surface area contributed by atoms with E-state index in [2.05, 4.69) is 20.9 Å². The fourth-order valence-corrected chi connectivity index (χ4v) is 2.27. The van der Waals surface area contributed by atoms with E-state index >= 15 is 0 Å². The Balaban J connectivity index is 2.00. The third kappa shape index (κ3) is 2.74. The molecule has 0 saturated carbocycles. The number of pyridine rings is 1. The summed E-state index contributed by atoms with van der Waals surface area (Å²) in [5, 5.41) is 0. The number of nitrogens with zero attached hydrogens (tertiary/aromatic N) is 2. The maximum atomic E-state index is 11.7. The predicted octanol–water partition coefficient (Wildman–Crippen LogP) is 2.43. The molecule has 1 saturated heterocycles. The van der Waals surface area contributed by atoms with Crippen LogP contribution in [0.4, 0.5) is 0 Å². The van der Waals surface area contributed by atoms with E-state index in [9.17, 15) is 4.79 Å². The van der Waals surface area contributed by atoms with Crippen molar-refractivity contribution in [1.82, 2.24) is 9.88 Å². The average molecular weight is 304 g/mol. The molecule has 0 bridgehead atoms. The molecule has 86 valence electrons. The van der Waals surface area contributed by atoms with Crippen LogP contribution in [0.1, 0.15) is 12.0 Å². The van der Waals surface area contributed by atoms with Crippen LogP contribution in [0, 0.1) is 5.92 Å². The molecule has 1 unspecified atom stereocenters. The Bertz CT molecular complexity index is 382. The predicted molar refractivity (Wildman–Crippen MR) is 66.2 cm³/mol. The van der Waals surface area contributed by atoms with Gasteiger partial charge in [-0.05, 0) is 33.5 Å². The molecule has 1 aromatic rings. The number of rotatable bonds is 3. The number of likely N-dealkylation sites (tertiary alicyclic amines) is 1. The molecule has 0 aliphatic carbocycles. The Kier molecular flexibility index (Phi) is 3.82. The lowest BCUT2D eigenvalue weighted by atomic mass is 10.1. The van der Waals surface area contributed by atoms with Crippen LogP contribution >= 0.6 is 27.5 Å². The zero-order valence-corrected chi connectivity index (χ0v) is 11.0. The molecule has 0 aromatic carbocycles. The standard InChI is InChI=1S/C11H12BrClN2O/c12-10-2-1-8(5-14-10)6-15-7-9(4-13)3-11(15)16/h1-2,5,9H,3-4,6-7H2. The molecule has 1 aromatic heterocycles. The van der Waals surface area contributed by atoms with Gasteiger partial charge in [-0.1, -0.05) is 6.07 Å². The highest BCUT2D eigenvalue weighted by molar-refractivity contribution is 9.10. The van der Waals surface area contributed by atoms with Gasteiger partial charge in [-0.2, -0.15) is 0 Å². The Morgan fingerprint density at radius 1 is 1.56 bits per heavy atom. The Labute approximate surface area is 108 Å². The van der Waals surface area contributed by atoms with E-state index in [1.54, 1.807) is 6.20 Å². The van der Waals surface area contributed by atoms with Gasteiger partial charge in [0.15, 0.2) is 0 Å². The van der Waals surface area contributed by atoms with Crippen molar-refractivity contribution in [1.29, 1.82) is 0 Å². The molecular formula is C11H12BrClN2O. The summed E-state index contributed by atoms with van der Waals surface area (Å²) < 4.78 is 0.808. The summed E-state index contributed by atoms with van der Waals surface area (Å²) in [5.41, 5.74) is 1.05. The SMILES string of the molecule is O=C1CC(CCl)CN1Cc1ccc(Br)nc1. The minimum Gasteiger partial charge on any atom is -0.338 e. The van der Waals surface area contributed by atoms with Gasteiger partial charge in [-0.15, -0.1) is 11.6 Å². The summed E-state index contributed by atoms with van der Waals surface area (Å²) in [6.07, 6.45) is 2.36. The number of alkyl halides is 1. The van der Waals surface area contributed by atoms with E-state index < -0.39 is 0 Å². The number of carbonyl (C=O) groups is 1. The summed E-state index contributed by atoms with van der Waals surface area (Å²) in [7, 11) is 0. The van der Waals surface area contributed by atoms with Crippen molar-refractivity contribution >= 4 is 33.4 Å². The average Bonchev–Trinajstić information content (AvgIpc) is 2.63. The Morgan fingerprint density at radius 3 is 2.94 bits per heavy atom. The summed E-state index contributed by atoms with van der Waals surface area (Å²) >= 11 is 9.05. The van der Waals surface area contributed by atoms with E-state index in [-0.39, 0.29) is 5.91 Å². The lowest BCUT2D eigenvalue weighted by molar-refractivity contribution is -0.128. The van der Waals surface area contributed by atoms with Gasteiger partial charge in [0.05, 0.1) is 0 Å². The van der Waals surface area contributed by atoms with Crippen molar-refractivity contribution in [2.45, 2.75) is 13.0 Å². The molecule has 2 heterocycles. The van der Waals surface area contributed by atoms with E-state index in [0.717, 1.165) is 16.7 Å². The van der Waals surface area contributed by atoms with Gasteiger partial charge >= 0.3 is 0 Å². The van der Waals surface area contributed by atoms with Crippen LogP contribution in [0.3, 0.4) is 0 Å². The van der Waals surface area contributed by atoms with Crippen molar-refractivity contribution in [3.63, 3.8) is 0 Å². The molecule has 0 N–H and O–H groups in total. The third-order valence-corrected chi connectivity index (χ3v) is 3.58. The van der Waals surface area contributed by atoms with Gasteiger partial charge in [0.25, 0.3) is 0 Å². The number of hydrogen-bond acceptors (Lipinski definition) is 2. The van der Waals surface area contributed by atoms with Gasteiger partial charge in [0, 0.05) is 31.6 Å². The maximum absolute atomic E-state index is 11.7. The second-order valence-electron chi connectivity index (χ2n) is 3.99. The first-order valence-corrected chi connectivity index (χ1v) is 6.46. The zero-order chi connectivity index (χ0) is 11.5. The highest BCUT2D eigenvalue weighted by Crippen LogP contribution is 2.21. The van der Waals surface area contributed by atoms with Crippen LogP contribution < -0.4 is 0 Å². The summed E-state index contributed by atoms with van der Waals surface area (Å²) in [5.74, 6) is 1.05. The van der Waals surface area contributed by atoms with Crippen molar-refractivity contribution in [2.75, 3.05) is 12.4 Å². The van der Waals surface area contributed by atoms with Gasteiger partial charge in [-0.25, -0.2) is 4.98 Å². The molecule has 16 heavy (non-hydrogen) atoms. The number of aromatic nitrogens is 1. The Hall–Kier alpha value is -0.610. The van der Waals surface area contributed by atoms with Crippen molar-refractivity contribution < 1.29 is 4.79 Å². The highest BCUT2D eigenvalue weighted by Gasteiger charge is 2.28. The van der Waals surface area contributed by atoms with Gasteiger partial charge in [-0.3, -0.25) is 4.79 Å². The fourth-order valence-electron chi connectivity index (χ4n) is 1.83. The van der Waals surface area contributed by atoms with E-state index in [0.29, 0.717) is 24.8 Å². The monoisotopic (exact) mass is 302 g/mol. The number of hydrogen-bond donors (Lipinski definition) is 0. The Morgan fingerprint density at radius 2 is 2.38 bits per heavy atom. The van der Waals surface area contributed by atoms with Crippen LogP contribution in [0.25, 0.3) is 0 Å². The van der Waals surface area contributed by atoms with Crippen molar-refractivity contribution in [3.05, 3.63) is 28.5 Å². The van der Waals surface area contributed by atoms with E-state index in [4.69, 9.17) is 11.6 Å². The van der Waals surface area contributed by atoms with Crippen molar-refractivity contribution in [2.24, 2.45) is 5.92 Å². The maximum Gasteiger partial charge on any atom is 0.223 e. The summed E-state index contributed by atoms with van der Waals surface area (Å²) in [4.78, 5) is 17.6. The van der Waals surface area contributed by atoms with Crippen LogP contribution in [-0.4, -0.2) is 28.2 Å². The van der Waals surface area contributed by atoms with Gasteiger partial charge < -0.3 is 4.90 Å². The molecule has 1 aliphatic rings. The minimum atomic E-state index is 0.188. The molecule has 1 atom stereocenters. The summed E-state index contributed by atoms with van der Waals surface area (Å²) in [6.45, 7) is 1.39. The highest BCUT2D eigenvalue weighted by atomic mass is 79.9. The lowest BCUT2D eigenvalue weighted by Gasteiger charge is -2.15. The second kappa shape index (κ2) is 5.15. The lowest BCUT2D eigenvalue weighted by Crippen LogP contribution is -2.24. The molecule has 0 spiro atoms. The van der Waals surface area contributed by atoms with Crippen LogP contribution in [0.15, 0.2) is 22.9 Å². The quantitative estimate of drug-likeness (QED) is 0.635. The number of carbonyl (C=O) groups excluding carboxylic acids is 1. The second-order valence-corrected chi connectivity index (χ2v) is 5.11. The van der Waals surface area contributed by atoms with Crippen LogP contribution in [-0.2, 0) is 11.3 Å². The topological polar surface area (TPSA) is 33.2 Å². The largest absolute Gasteiger partial charge is 0.338 e. The van der Waals surface area contributed by atoms with Gasteiger partial charge in [0.1, 0.15) is 4.60 Å². The zero-order valence-electron chi connectivity index (χ0n) is 8.70. The molecule has 2 rings (SSSR count).